The molecule has 1 aromatic heterocycles. The summed E-state index contributed by atoms with van der Waals surface area (Å²) in [7, 11) is 3.15. The molecular formula is C26H22N2O5. The van der Waals surface area contributed by atoms with Crippen LogP contribution >= 0.6 is 0 Å². The number of anilines is 1. The zero-order chi connectivity index (χ0) is 23.4. The molecule has 0 saturated heterocycles. The summed E-state index contributed by atoms with van der Waals surface area (Å²) in [5.74, 6) is 2.07. The van der Waals surface area contributed by atoms with Crippen LogP contribution in [-0.2, 0) is 0 Å². The summed E-state index contributed by atoms with van der Waals surface area (Å²) < 4.78 is 16.8. The van der Waals surface area contributed by atoms with Crippen LogP contribution in [0.2, 0.25) is 0 Å². The average Bonchev–Trinajstić information content (AvgIpc) is 2.84. The van der Waals surface area contributed by atoms with Gasteiger partial charge in [-0.3, -0.25) is 14.6 Å². The maximum Gasteiger partial charge on any atom is 0.255 e. The van der Waals surface area contributed by atoms with Gasteiger partial charge in [0.2, 0.25) is 0 Å². The van der Waals surface area contributed by atoms with Crippen molar-refractivity contribution in [2.75, 3.05) is 19.5 Å². The first-order valence-corrected chi connectivity index (χ1v) is 10.2. The fraction of sp³-hybridized carbons (Fsp3) is 0.115. The maximum atomic E-state index is 12.5. The quantitative estimate of drug-likeness (QED) is 0.380. The Labute approximate surface area is 190 Å². The van der Waals surface area contributed by atoms with Crippen molar-refractivity contribution < 1.29 is 23.8 Å². The number of rotatable bonds is 7. The number of ether oxygens (including phenoxy) is 3. The summed E-state index contributed by atoms with van der Waals surface area (Å²) in [6.07, 6.45) is 1.66. The highest BCUT2D eigenvalue weighted by Crippen LogP contribution is 2.37. The minimum absolute atomic E-state index is 0.0443. The molecule has 166 valence electrons. The number of benzene rings is 3. The number of fused-ring (bicyclic) bond motifs is 1. The number of aromatic nitrogens is 1. The predicted octanol–water partition coefficient (Wildman–Crippen LogP) is 5.50. The van der Waals surface area contributed by atoms with Crippen LogP contribution < -0.4 is 19.5 Å². The van der Waals surface area contributed by atoms with E-state index in [9.17, 15) is 9.59 Å². The highest BCUT2D eigenvalue weighted by molar-refractivity contribution is 6.05. The van der Waals surface area contributed by atoms with Gasteiger partial charge in [0, 0.05) is 34.5 Å². The highest BCUT2D eigenvalue weighted by Gasteiger charge is 2.12. The molecule has 0 spiro atoms. The Kier molecular flexibility index (Phi) is 6.22. The molecule has 0 unspecified atom stereocenters. The minimum Gasteiger partial charge on any atom is -0.493 e. The Morgan fingerprint density at radius 1 is 0.788 bits per heavy atom. The highest BCUT2D eigenvalue weighted by atomic mass is 16.5. The van der Waals surface area contributed by atoms with Crippen molar-refractivity contribution in [1.29, 1.82) is 0 Å². The molecule has 7 heteroatoms. The van der Waals surface area contributed by atoms with Crippen LogP contribution in [0.5, 0.6) is 23.0 Å². The molecule has 0 radical (unpaired) electrons. The normalized spacial score (nSPS) is 10.5. The van der Waals surface area contributed by atoms with Crippen LogP contribution in [0.4, 0.5) is 5.69 Å². The molecule has 0 aliphatic heterocycles. The number of methoxy groups -OCH3 is 2. The molecule has 0 aliphatic rings. The van der Waals surface area contributed by atoms with Gasteiger partial charge in [-0.05, 0) is 55.5 Å². The third-order valence-corrected chi connectivity index (χ3v) is 5.10. The molecular weight excluding hydrogens is 420 g/mol. The molecule has 1 amide bonds. The lowest BCUT2D eigenvalue weighted by atomic mass is 10.1. The summed E-state index contributed by atoms with van der Waals surface area (Å²) in [4.78, 5) is 28.2. The monoisotopic (exact) mass is 442 g/mol. The van der Waals surface area contributed by atoms with Gasteiger partial charge in [0.05, 0.1) is 19.7 Å². The number of Topliss-reactive ketones (excluding diaryl/α,β-unsaturated/α-hetero) is 1. The first-order valence-electron chi connectivity index (χ1n) is 10.2. The lowest BCUT2D eigenvalue weighted by Gasteiger charge is -2.12. The third kappa shape index (κ3) is 4.77. The van der Waals surface area contributed by atoms with Gasteiger partial charge in [-0.25, -0.2) is 0 Å². The largest absolute Gasteiger partial charge is 0.493 e. The average molecular weight is 442 g/mol. The van der Waals surface area contributed by atoms with E-state index >= 15 is 0 Å². The molecule has 0 bridgehead atoms. The molecule has 1 N–H and O–H groups in total. The van der Waals surface area contributed by atoms with Crippen molar-refractivity contribution in [3.8, 4) is 23.0 Å². The zero-order valence-corrected chi connectivity index (χ0v) is 18.4. The second-order valence-corrected chi connectivity index (χ2v) is 7.25. The van der Waals surface area contributed by atoms with E-state index in [1.807, 2.05) is 6.07 Å². The Bertz CT molecular complexity index is 1320. The van der Waals surface area contributed by atoms with Gasteiger partial charge in [-0.1, -0.05) is 12.1 Å². The number of carbonyl (C=O) groups excluding carboxylic acids is 2. The second kappa shape index (κ2) is 9.40. The molecule has 33 heavy (non-hydrogen) atoms. The summed E-state index contributed by atoms with van der Waals surface area (Å²) in [6, 6.07) is 19.0. The molecule has 7 nitrogen and oxygen atoms in total. The number of hydrogen-bond donors (Lipinski definition) is 1. The fourth-order valence-electron chi connectivity index (χ4n) is 3.33. The van der Waals surface area contributed by atoms with E-state index in [0.29, 0.717) is 45.3 Å². The van der Waals surface area contributed by atoms with Crippen LogP contribution in [0.1, 0.15) is 27.6 Å². The van der Waals surface area contributed by atoms with Crippen molar-refractivity contribution in [3.63, 3.8) is 0 Å². The van der Waals surface area contributed by atoms with Crippen LogP contribution in [-0.4, -0.2) is 30.9 Å². The van der Waals surface area contributed by atoms with Crippen molar-refractivity contribution >= 4 is 28.3 Å². The molecule has 1 heterocycles. The molecule has 4 rings (SSSR count). The minimum atomic E-state index is -0.264. The van der Waals surface area contributed by atoms with E-state index in [0.717, 1.165) is 5.39 Å². The van der Waals surface area contributed by atoms with Crippen LogP contribution in [0, 0.1) is 0 Å². The number of pyridine rings is 1. The second-order valence-electron chi connectivity index (χ2n) is 7.25. The summed E-state index contributed by atoms with van der Waals surface area (Å²) >= 11 is 0. The predicted molar refractivity (Wildman–Crippen MR) is 126 cm³/mol. The first kappa shape index (κ1) is 21.8. The van der Waals surface area contributed by atoms with Crippen LogP contribution in [0.25, 0.3) is 10.9 Å². The van der Waals surface area contributed by atoms with Gasteiger partial charge in [-0.2, -0.15) is 0 Å². The standard InChI is InChI=1S/C26H22N2O5/c1-16(29)17-4-6-18(7-5-17)26(30)28-19-8-10-20(11-9-19)33-23-12-13-27-22-15-25(32-3)24(31-2)14-21(22)23/h4-15H,1-3H3,(H,28,30). The van der Waals surface area contributed by atoms with Crippen molar-refractivity contribution in [1.82, 2.24) is 4.98 Å². The summed E-state index contributed by atoms with van der Waals surface area (Å²) in [6.45, 7) is 1.49. The SMILES string of the molecule is COc1cc2nccc(Oc3ccc(NC(=O)c4ccc(C(C)=O)cc4)cc3)c2cc1OC. The van der Waals surface area contributed by atoms with Gasteiger partial charge in [-0.15, -0.1) is 0 Å². The smallest absolute Gasteiger partial charge is 0.255 e. The van der Waals surface area contributed by atoms with Gasteiger partial charge in [0.15, 0.2) is 17.3 Å². The number of ketones is 1. The van der Waals surface area contributed by atoms with E-state index in [1.165, 1.54) is 6.92 Å². The number of hydrogen-bond acceptors (Lipinski definition) is 6. The molecule has 0 saturated carbocycles. The van der Waals surface area contributed by atoms with Gasteiger partial charge >= 0.3 is 0 Å². The Morgan fingerprint density at radius 2 is 1.42 bits per heavy atom. The number of amides is 1. The van der Waals surface area contributed by atoms with E-state index < -0.39 is 0 Å². The van der Waals surface area contributed by atoms with Gasteiger partial charge in [0.1, 0.15) is 11.5 Å². The number of carbonyl (C=O) groups is 2. The Hall–Kier alpha value is -4.39. The summed E-state index contributed by atoms with van der Waals surface area (Å²) in [5, 5.41) is 3.61. The van der Waals surface area contributed by atoms with E-state index in [4.69, 9.17) is 14.2 Å². The number of nitrogens with one attached hydrogen (secondary N) is 1. The van der Waals surface area contributed by atoms with Crippen molar-refractivity contribution in [2.24, 2.45) is 0 Å². The lowest BCUT2D eigenvalue weighted by Crippen LogP contribution is -2.11. The Morgan fingerprint density at radius 3 is 2.06 bits per heavy atom. The lowest BCUT2D eigenvalue weighted by molar-refractivity contribution is 0.101. The van der Waals surface area contributed by atoms with Crippen LogP contribution in [0.3, 0.4) is 0 Å². The van der Waals surface area contributed by atoms with Gasteiger partial charge < -0.3 is 19.5 Å². The van der Waals surface area contributed by atoms with E-state index in [2.05, 4.69) is 10.3 Å². The van der Waals surface area contributed by atoms with E-state index in [1.54, 1.807) is 81.1 Å². The molecule has 0 atom stereocenters. The Balaban J connectivity index is 1.50. The molecule has 0 aliphatic carbocycles. The third-order valence-electron chi connectivity index (χ3n) is 5.10. The van der Waals surface area contributed by atoms with Gasteiger partial charge in [0.25, 0.3) is 5.91 Å². The maximum absolute atomic E-state index is 12.5. The fourth-order valence-corrected chi connectivity index (χ4v) is 3.33. The van der Waals surface area contributed by atoms with E-state index in [-0.39, 0.29) is 11.7 Å². The molecule has 3 aromatic carbocycles. The van der Waals surface area contributed by atoms with Crippen LogP contribution in [0.15, 0.2) is 72.9 Å². The summed E-state index contributed by atoms with van der Waals surface area (Å²) in [5.41, 5.74) is 2.36. The number of nitrogens with zero attached hydrogens (tertiary/aromatic N) is 1. The van der Waals surface area contributed by atoms with Crippen molar-refractivity contribution in [3.05, 3.63) is 84.1 Å². The first-order chi connectivity index (χ1) is 16.0. The molecule has 4 aromatic rings. The van der Waals surface area contributed by atoms with Crippen molar-refractivity contribution in [2.45, 2.75) is 6.92 Å². The topological polar surface area (TPSA) is 86.8 Å². The molecule has 0 fully saturated rings. The zero-order valence-electron chi connectivity index (χ0n) is 18.4.